The van der Waals surface area contributed by atoms with Crippen LogP contribution in [0.4, 0.5) is 5.69 Å². The number of aromatic amines is 2. The van der Waals surface area contributed by atoms with Gasteiger partial charge in [-0.3, -0.25) is 4.98 Å². The lowest BCUT2D eigenvalue weighted by Crippen LogP contribution is -2.00. The number of nitrogens with zero attached hydrogens (tertiary/aromatic N) is 2. The molecule has 0 bridgehead atoms. The summed E-state index contributed by atoms with van der Waals surface area (Å²) in [5.41, 5.74) is 13.5. The molecule has 1 aromatic carbocycles. The lowest BCUT2D eigenvalue weighted by Gasteiger charge is -2.12. The number of nitrogens with two attached hydrogens (primary N) is 1. The highest BCUT2D eigenvalue weighted by molar-refractivity contribution is 5.97. The Morgan fingerprint density at radius 2 is 1.96 bits per heavy atom. The van der Waals surface area contributed by atoms with Crippen molar-refractivity contribution < 1.29 is 4.52 Å². The van der Waals surface area contributed by atoms with Gasteiger partial charge >= 0.3 is 5.69 Å². The van der Waals surface area contributed by atoms with Crippen molar-refractivity contribution in [1.29, 1.82) is 0 Å². The molecule has 0 unspecified atom stereocenters. The first-order valence-corrected chi connectivity index (χ1v) is 8.96. The van der Waals surface area contributed by atoms with Crippen molar-refractivity contribution >= 4 is 16.7 Å². The van der Waals surface area contributed by atoms with Crippen LogP contribution in [0.25, 0.3) is 33.3 Å². The van der Waals surface area contributed by atoms with Crippen LogP contribution in [-0.4, -0.2) is 20.1 Å². The molecule has 3 heterocycles. The van der Waals surface area contributed by atoms with Crippen LogP contribution in [0.2, 0.25) is 0 Å². The van der Waals surface area contributed by atoms with E-state index in [1.807, 2.05) is 26.0 Å². The first-order chi connectivity index (χ1) is 13.0. The quantitative estimate of drug-likeness (QED) is 0.515. The molecule has 4 N–H and O–H groups in total. The van der Waals surface area contributed by atoms with Crippen molar-refractivity contribution in [3.05, 3.63) is 52.0 Å². The Morgan fingerprint density at radius 3 is 2.67 bits per heavy atom. The predicted octanol–water partition coefficient (Wildman–Crippen LogP) is 3.65. The molecule has 1 fully saturated rings. The number of benzene rings is 1. The molecular formula is C20H19N5O2. The van der Waals surface area contributed by atoms with Gasteiger partial charge in [0.15, 0.2) is 0 Å². The van der Waals surface area contributed by atoms with E-state index in [4.69, 9.17) is 10.3 Å². The van der Waals surface area contributed by atoms with Crippen LogP contribution >= 0.6 is 0 Å². The Bertz CT molecular complexity index is 1220. The van der Waals surface area contributed by atoms with E-state index in [0.29, 0.717) is 11.6 Å². The number of H-pyrrole nitrogens is 2. The molecule has 0 radical (unpaired) electrons. The number of pyridine rings is 1. The third-order valence-electron chi connectivity index (χ3n) is 5.14. The van der Waals surface area contributed by atoms with Gasteiger partial charge in [-0.1, -0.05) is 5.16 Å². The van der Waals surface area contributed by atoms with Gasteiger partial charge in [0.1, 0.15) is 5.76 Å². The largest absolute Gasteiger partial charge is 0.397 e. The number of anilines is 1. The van der Waals surface area contributed by atoms with E-state index in [-0.39, 0.29) is 5.69 Å². The van der Waals surface area contributed by atoms with Crippen molar-refractivity contribution in [2.45, 2.75) is 32.6 Å². The number of aryl methyl sites for hydroxylation is 2. The molecule has 0 atom stereocenters. The predicted molar refractivity (Wildman–Crippen MR) is 104 cm³/mol. The average molecular weight is 361 g/mol. The normalized spacial score (nSPS) is 14.1. The minimum absolute atomic E-state index is 0.244. The van der Waals surface area contributed by atoms with Crippen LogP contribution in [0.5, 0.6) is 0 Å². The molecule has 27 heavy (non-hydrogen) atoms. The standard InChI is InChI=1S/C20H19N5O2/c1-9-17(10(2)27-25-9)12-5-14(19-16(6-12)23-20(26)24-19)15-7-13(21)8-22-18(15)11-3-4-11/h5-8,11H,3-4,21H2,1-2H3,(H2,23,24,26). The first-order valence-electron chi connectivity index (χ1n) is 8.96. The fourth-order valence-electron chi connectivity index (χ4n) is 3.78. The number of hydrogen-bond acceptors (Lipinski definition) is 5. The number of aromatic nitrogens is 4. The molecule has 1 aliphatic carbocycles. The summed E-state index contributed by atoms with van der Waals surface area (Å²) in [5.74, 6) is 1.19. The van der Waals surface area contributed by atoms with Crippen LogP contribution in [0, 0.1) is 13.8 Å². The fraction of sp³-hybridized carbons (Fsp3) is 0.250. The van der Waals surface area contributed by atoms with Gasteiger partial charge in [0, 0.05) is 22.6 Å². The van der Waals surface area contributed by atoms with Crippen molar-refractivity contribution in [1.82, 2.24) is 20.1 Å². The average Bonchev–Trinajstić information content (AvgIpc) is 3.32. The Morgan fingerprint density at radius 1 is 1.15 bits per heavy atom. The van der Waals surface area contributed by atoms with Crippen LogP contribution in [-0.2, 0) is 0 Å². The zero-order valence-corrected chi connectivity index (χ0v) is 15.1. The smallest absolute Gasteiger partial charge is 0.323 e. The van der Waals surface area contributed by atoms with Crippen molar-refractivity contribution in [3.63, 3.8) is 0 Å². The maximum atomic E-state index is 12.0. The second-order valence-electron chi connectivity index (χ2n) is 7.20. The van der Waals surface area contributed by atoms with E-state index in [1.54, 1.807) is 6.20 Å². The van der Waals surface area contributed by atoms with Gasteiger partial charge in [-0.15, -0.1) is 0 Å². The number of hydrogen-bond donors (Lipinski definition) is 3. The summed E-state index contributed by atoms with van der Waals surface area (Å²) in [4.78, 5) is 22.4. The maximum absolute atomic E-state index is 12.0. The summed E-state index contributed by atoms with van der Waals surface area (Å²) in [6, 6.07) is 5.94. The van der Waals surface area contributed by atoms with Crippen LogP contribution in [0.1, 0.15) is 35.9 Å². The summed E-state index contributed by atoms with van der Waals surface area (Å²) >= 11 is 0. The Labute approximate surface area is 154 Å². The highest BCUT2D eigenvalue weighted by Gasteiger charge is 2.29. The number of fused-ring (bicyclic) bond motifs is 1. The zero-order valence-electron chi connectivity index (χ0n) is 15.1. The molecule has 4 aromatic rings. The van der Waals surface area contributed by atoms with E-state index in [9.17, 15) is 4.79 Å². The lowest BCUT2D eigenvalue weighted by atomic mass is 9.94. The molecule has 0 aliphatic heterocycles. The van der Waals surface area contributed by atoms with E-state index >= 15 is 0 Å². The third-order valence-corrected chi connectivity index (χ3v) is 5.14. The van der Waals surface area contributed by atoms with Gasteiger partial charge in [-0.05, 0) is 50.5 Å². The Balaban J connectivity index is 1.85. The third kappa shape index (κ3) is 2.54. The molecule has 136 valence electrons. The molecule has 0 amide bonds. The second kappa shape index (κ2) is 5.57. The van der Waals surface area contributed by atoms with Gasteiger partial charge in [-0.2, -0.15) is 0 Å². The topological polar surface area (TPSA) is 114 Å². The van der Waals surface area contributed by atoms with Crippen LogP contribution in [0.15, 0.2) is 33.7 Å². The summed E-state index contributed by atoms with van der Waals surface area (Å²) in [6.07, 6.45) is 3.95. The molecule has 1 saturated carbocycles. The number of nitrogen functional groups attached to an aromatic ring is 1. The van der Waals surface area contributed by atoms with E-state index in [2.05, 4.69) is 26.2 Å². The molecule has 0 saturated heterocycles. The van der Waals surface area contributed by atoms with Crippen LogP contribution < -0.4 is 11.4 Å². The molecule has 0 spiro atoms. The molecule has 7 nitrogen and oxygen atoms in total. The van der Waals surface area contributed by atoms with Crippen molar-refractivity contribution in [2.24, 2.45) is 0 Å². The van der Waals surface area contributed by atoms with Gasteiger partial charge in [0.05, 0.1) is 34.3 Å². The highest BCUT2D eigenvalue weighted by atomic mass is 16.5. The number of rotatable bonds is 3. The maximum Gasteiger partial charge on any atom is 0.323 e. The molecule has 5 rings (SSSR count). The minimum Gasteiger partial charge on any atom is -0.397 e. The van der Waals surface area contributed by atoms with Gasteiger partial charge in [0.2, 0.25) is 0 Å². The van der Waals surface area contributed by atoms with Gasteiger partial charge in [-0.25, -0.2) is 4.79 Å². The van der Waals surface area contributed by atoms with Crippen molar-refractivity contribution in [3.8, 4) is 22.3 Å². The Kier molecular flexibility index (Phi) is 3.28. The number of imidazole rings is 1. The van der Waals surface area contributed by atoms with Gasteiger partial charge < -0.3 is 20.2 Å². The lowest BCUT2D eigenvalue weighted by molar-refractivity contribution is 0.393. The van der Waals surface area contributed by atoms with Gasteiger partial charge in [0.25, 0.3) is 0 Å². The van der Waals surface area contributed by atoms with E-state index in [0.717, 1.165) is 63.3 Å². The molecule has 7 heteroatoms. The minimum atomic E-state index is -0.244. The SMILES string of the molecule is Cc1noc(C)c1-c1cc(-c2cc(N)cnc2C2CC2)c2[nH]c(=O)[nH]c2c1. The van der Waals surface area contributed by atoms with Crippen LogP contribution in [0.3, 0.4) is 0 Å². The molecule has 3 aromatic heterocycles. The Hall–Kier alpha value is -3.35. The monoisotopic (exact) mass is 361 g/mol. The fourth-order valence-corrected chi connectivity index (χ4v) is 3.78. The zero-order chi connectivity index (χ0) is 18.7. The summed E-state index contributed by atoms with van der Waals surface area (Å²) in [7, 11) is 0. The number of nitrogens with one attached hydrogen (secondary N) is 2. The van der Waals surface area contributed by atoms with Crippen molar-refractivity contribution in [2.75, 3.05) is 5.73 Å². The summed E-state index contributed by atoms with van der Waals surface area (Å²) in [5, 5.41) is 4.06. The molecular weight excluding hydrogens is 342 g/mol. The van der Waals surface area contributed by atoms with E-state index < -0.39 is 0 Å². The first kappa shape index (κ1) is 15.9. The van der Waals surface area contributed by atoms with E-state index in [1.165, 1.54) is 0 Å². The summed E-state index contributed by atoms with van der Waals surface area (Å²) < 4.78 is 5.34. The second-order valence-corrected chi connectivity index (χ2v) is 7.20. The highest BCUT2D eigenvalue weighted by Crippen LogP contribution is 2.45. The molecule has 1 aliphatic rings. The summed E-state index contributed by atoms with van der Waals surface area (Å²) in [6.45, 7) is 3.80.